The monoisotopic (exact) mass is 598 g/mol. The minimum absolute atomic E-state index is 0.0704. The number of nitrogens with zero attached hydrogens (tertiary/aromatic N) is 2. The van der Waals surface area contributed by atoms with Crippen LogP contribution in [0.25, 0.3) is 17.0 Å². The number of hydrogen-bond donors (Lipinski definition) is 2. The molecule has 43 heavy (non-hydrogen) atoms. The molecule has 2 N–H and O–H groups in total. The number of carbonyl (C=O) groups is 3. The van der Waals surface area contributed by atoms with Gasteiger partial charge in [0.1, 0.15) is 12.6 Å². The quantitative estimate of drug-likeness (QED) is 0.251. The van der Waals surface area contributed by atoms with Crippen LogP contribution in [0.15, 0.2) is 42.6 Å². The number of amides is 1. The maximum absolute atomic E-state index is 13.4. The second-order valence-corrected chi connectivity index (χ2v) is 10.5. The zero-order valence-electron chi connectivity index (χ0n) is 25.1. The Balaban J connectivity index is 0.00000121. The topological polar surface area (TPSA) is 85.5 Å². The number of piperidine rings is 2. The van der Waals surface area contributed by atoms with Crippen LogP contribution in [0.2, 0.25) is 0 Å². The largest absolute Gasteiger partial charge is 0.388 e. The third-order valence-corrected chi connectivity index (χ3v) is 8.10. The van der Waals surface area contributed by atoms with Gasteiger partial charge >= 0.3 is 0 Å². The van der Waals surface area contributed by atoms with Crippen molar-refractivity contribution in [2.45, 2.75) is 45.4 Å². The van der Waals surface area contributed by atoms with Crippen molar-refractivity contribution in [3.05, 3.63) is 71.2 Å². The van der Waals surface area contributed by atoms with Gasteiger partial charge in [0.25, 0.3) is 0 Å². The molecule has 0 saturated carbocycles. The van der Waals surface area contributed by atoms with Crippen LogP contribution in [-0.2, 0) is 14.4 Å². The van der Waals surface area contributed by atoms with Crippen LogP contribution in [0.1, 0.15) is 56.6 Å². The van der Waals surface area contributed by atoms with Gasteiger partial charge in [0.05, 0.1) is 6.54 Å². The molecule has 0 aliphatic carbocycles. The van der Waals surface area contributed by atoms with Gasteiger partial charge in [-0.05, 0) is 92.2 Å². The van der Waals surface area contributed by atoms with Crippen LogP contribution < -0.4 is 5.32 Å². The first-order chi connectivity index (χ1) is 20.8. The lowest BCUT2D eigenvalue weighted by atomic mass is 9.88. The molecule has 2 fully saturated rings. The van der Waals surface area contributed by atoms with Gasteiger partial charge in [-0.2, -0.15) is 0 Å². The maximum atomic E-state index is 13.4. The van der Waals surface area contributed by atoms with Crippen LogP contribution in [-0.4, -0.2) is 73.0 Å². The second-order valence-electron chi connectivity index (χ2n) is 10.5. The van der Waals surface area contributed by atoms with Crippen molar-refractivity contribution in [3.8, 4) is 0 Å². The minimum Gasteiger partial charge on any atom is -0.388 e. The van der Waals surface area contributed by atoms with Gasteiger partial charge in [0.2, 0.25) is 5.91 Å². The molecular formula is C33H41F3N4O3. The van der Waals surface area contributed by atoms with Crippen LogP contribution in [0, 0.1) is 23.4 Å². The van der Waals surface area contributed by atoms with Gasteiger partial charge in [0.15, 0.2) is 17.5 Å². The second kappa shape index (κ2) is 16.1. The van der Waals surface area contributed by atoms with Crippen LogP contribution in [0.5, 0.6) is 0 Å². The number of likely N-dealkylation sites (tertiary alicyclic amines) is 2. The fraction of sp³-hybridized carbons (Fsp3) is 0.424. The number of benzene rings is 2. The van der Waals surface area contributed by atoms with E-state index in [1.807, 2.05) is 27.7 Å². The number of aromatic nitrogens is 1. The molecule has 2 aliphatic heterocycles. The fourth-order valence-corrected chi connectivity index (χ4v) is 5.75. The molecular weight excluding hydrogens is 557 g/mol. The number of carbonyl (C=O) groups excluding carboxylic acids is 3. The lowest BCUT2D eigenvalue weighted by Gasteiger charge is -2.34. The zero-order valence-corrected chi connectivity index (χ0v) is 25.1. The Kier molecular flexibility index (Phi) is 12.5. The van der Waals surface area contributed by atoms with E-state index in [1.165, 1.54) is 23.1 Å². The minimum atomic E-state index is -1.54. The standard InChI is InChI=1S/C30H33F3N4O2.C2H6.CH2O/c1-34-22-3-4-27-23(16-22)24(17-35-27)20-6-10-36(11-7-20)18-28(38)21-8-12-37(13-9-21)29(39)5-2-19-14-25(31)30(33)26(32)15-19;2*1-2/h2-5,14-17,20-21,34-35H,6-13,18H2,1H3;1-2H3;1H2/b5-2+;;. The third-order valence-electron chi connectivity index (χ3n) is 8.10. The van der Waals surface area contributed by atoms with Crippen molar-refractivity contribution in [1.29, 1.82) is 0 Å². The molecule has 0 spiro atoms. The molecule has 0 unspecified atom stereocenters. The molecule has 1 aromatic heterocycles. The number of ketones is 1. The average Bonchev–Trinajstić information content (AvgIpc) is 3.48. The van der Waals surface area contributed by atoms with Crippen molar-refractivity contribution in [1.82, 2.24) is 14.8 Å². The predicted octanol–water partition coefficient (Wildman–Crippen LogP) is 6.17. The highest BCUT2D eigenvalue weighted by molar-refractivity contribution is 5.92. The normalized spacial score (nSPS) is 16.4. The summed E-state index contributed by atoms with van der Waals surface area (Å²) in [5, 5.41) is 4.46. The number of Topliss-reactive ketones (excluding diaryl/α,β-unsaturated/α-hetero) is 1. The SMILES string of the molecule is C=O.CC.CNc1ccc2[nH]cc(C3CCN(CC(=O)C4CCN(C(=O)/C=C/c5cc(F)c(F)c(F)c5)CC4)CC3)c2c1. The van der Waals surface area contributed by atoms with Crippen molar-refractivity contribution in [2.24, 2.45) is 5.92 Å². The molecule has 2 aromatic carbocycles. The van der Waals surface area contributed by atoms with Gasteiger partial charge in [-0.1, -0.05) is 13.8 Å². The number of anilines is 1. The van der Waals surface area contributed by atoms with E-state index in [0.717, 1.165) is 49.3 Å². The highest BCUT2D eigenvalue weighted by Gasteiger charge is 2.29. The predicted molar refractivity (Wildman–Crippen MR) is 164 cm³/mol. The molecule has 2 aliphatic rings. The van der Waals surface area contributed by atoms with E-state index in [9.17, 15) is 22.8 Å². The van der Waals surface area contributed by atoms with Crippen LogP contribution in [0.4, 0.5) is 18.9 Å². The Morgan fingerprint density at radius 2 is 1.60 bits per heavy atom. The van der Waals surface area contributed by atoms with E-state index < -0.39 is 17.5 Å². The molecule has 2 saturated heterocycles. The van der Waals surface area contributed by atoms with Crippen molar-refractivity contribution < 1.29 is 27.6 Å². The first-order valence-electron chi connectivity index (χ1n) is 14.8. The first-order valence-corrected chi connectivity index (χ1v) is 14.8. The molecule has 3 heterocycles. The highest BCUT2D eigenvalue weighted by atomic mass is 19.2. The Bertz CT molecular complexity index is 1380. The summed E-state index contributed by atoms with van der Waals surface area (Å²) in [5.41, 5.74) is 3.64. The van der Waals surface area contributed by atoms with Gasteiger partial charge in [0, 0.05) is 54.9 Å². The van der Waals surface area contributed by atoms with E-state index in [0.29, 0.717) is 38.4 Å². The van der Waals surface area contributed by atoms with E-state index >= 15 is 0 Å². The Labute approximate surface area is 251 Å². The Hall–Kier alpha value is -3.92. The smallest absolute Gasteiger partial charge is 0.246 e. The zero-order chi connectivity index (χ0) is 31.5. The van der Waals surface area contributed by atoms with Gasteiger partial charge < -0.3 is 20.0 Å². The van der Waals surface area contributed by atoms with Crippen molar-refractivity contribution in [2.75, 3.05) is 45.1 Å². The van der Waals surface area contributed by atoms with E-state index in [2.05, 4.69) is 39.6 Å². The van der Waals surface area contributed by atoms with Gasteiger partial charge in [-0.15, -0.1) is 0 Å². The van der Waals surface area contributed by atoms with Gasteiger partial charge in [-0.25, -0.2) is 13.2 Å². The highest BCUT2D eigenvalue weighted by Crippen LogP contribution is 2.34. The molecule has 5 rings (SSSR count). The van der Waals surface area contributed by atoms with Crippen molar-refractivity contribution >= 4 is 41.1 Å². The summed E-state index contributed by atoms with van der Waals surface area (Å²) in [4.78, 5) is 40.8. The summed E-state index contributed by atoms with van der Waals surface area (Å²) in [6, 6.07) is 8.03. The average molecular weight is 599 g/mol. The number of hydrogen-bond acceptors (Lipinski definition) is 5. The summed E-state index contributed by atoms with van der Waals surface area (Å²) < 4.78 is 39.9. The fourth-order valence-electron chi connectivity index (χ4n) is 5.75. The molecule has 7 nitrogen and oxygen atoms in total. The molecule has 0 radical (unpaired) electrons. The van der Waals surface area contributed by atoms with Crippen LogP contribution >= 0.6 is 0 Å². The number of aromatic amines is 1. The Morgan fingerprint density at radius 3 is 2.21 bits per heavy atom. The summed E-state index contributed by atoms with van der Waals surface area (Å²) >= 11 is 0. The number of fused-ring (bicyclic) bond motifs is 1. The lowest BCUT2D eigenvalue weighted by Crippen LogP contribution is -2.43. The molecule has 10 heteroatoms. The molecule has 3 aromatic rings. The molecule has 1 amide bonds. The maximum Gasteiger partial charge on any atom is 0.246 e. The number of H-pyrrole nitrogens is 1. The summed E-state index contributed by atoms with van der Waals surface area (Å²) in [7, 11) is 1.92. The third kappa shape index (κ3) is 8.34. The summed E-state index contributed by atoms with van der Waals surface area (Å²) in [5.74, 6) is -3.83. The van der Waals surface area contributed by atoms with Crippen LogP contribution in [0.3, 0.4) is 0 Å². The lowest BCUT2D eigenvalue weighted by molar-refractivity contribution is -0.131. The van der Waals surface area contributed by atoms with Crippen molar-refractivity contribution in [3.63, 3.8) is 0 Å². The van der Waals surface area contributed by atoms with E-state index in [-0.39, 0.29) is 23.2 Å². The number of rotatable bonds is 7. The first kappa shape index (κ1) is 33.6. The van der Waals surface area contributed by atoms with E-state index in [4.69, 9.17) is 4.79 Å². The Morgan fingerprint density at radius 1 is 0.977 bits per heavy atom. The molecule has 232 valence electrons. The number of nitrogens with one attached hydrogen (secondary N) is 2. The van der Waals surface area contributed by atoms with Gasteiger partial charge in [-0.3, -0.25) is 14.5 Å². The number of halogens is 3. The summed E-state index contributed by atoms with van der Waals surface area (Å²) in [6.07, 6.45) is 7.82. The molecule has 0 bridgehead atoms. The summed E-state index contributed by atoms with van der Waals surface area (Å²) in [6.45, 7) is 9.08. The van der Waals surface area contributed by atoms with E-state index in [1.54, 1.807) is 4.90 Å². The molecule has 0 atom stereocenters.